The van der Waals surface area contributed by atoms with Gasteiger partial charge in [-0.3, -0.25) is 0 Å². The zero-order valence-corrected chi connectivity index (χ0v) is 9.37. The number of nitrogens with two attached hydrogens (primary N) is 1. The minimum absolute atomic E-state index is 0.333. The smallest absolute Gasteiger partial charge is 0.0426 e. The molecule has 0 aromatic heterocycles. The van der Waals surface area contributed by atoms with E-state index in [4.69, 9.17) is 17.3 Å². The van der Waals surface area contributed by atoms with Crippen molar-refractivity contribution in [1.82, 2.24) is 0 Å². The number of hydrogen-bond donors (Lipinski definition) is 1. The van der Waals surface area contributed by atoms with Crippen LogP contribution in [0.2, 0.25) is 5.02 Å². The van der Waals surface area contributed by atoms with Gasteiger partial charge in [-0.15, -0.1) is 0 Å². The Balaban J connectivity index is 2.03. The van der Waals surface area contributed by atoms with E-state index < -0.39 is 0 Å². The van der Waals surface area contributed by atoms with Crippen molar-refractivity contribution in [1.29, 1.82) is 0 Å². The van der Waals surface area contributed by atoms with Crippen molar-refractivity contribution in [3.63, 3.8) is 0 Å². The topological polar surface area (TPSA) is 29.3 Å². The molecule has 3 rings (SSSR count). The molecule has 15 heavy (non-hydrogen) atoms. The zero-order valence-electron chi connectivity index (χ0n) is 8.62. The third kappa shape index (κ3) is 1.52. The second kappa shape index (κ2) is 3.39. The van der Waals surface area contributed by atoms with Crippen LogP contribution in [0.3, 0.4) is 0 Å². The zero-order chi connectivity index (χ0) is 10.4. The van der Waals surface area contributed by atoms with Crippen LogP contribution in [0, 0.1) is 0 Å². The highest BCUT2D eigenvalue weighted by Crippen LogP contribution is 2.37. The third-order valence-electron chi connectivity index (χ3n) is 3.55. The SMILES string of the molecule is NC1CC2CCc3ccc(Cl)cc3N2C1. The van der Waals surface area contributed by atoms with Gasteiger partial charge in [0, 0.05) is 29.3 Å². The van der Waals surface area contributed by atoms with E-state index in [1.165, 1.54) is 24.1 Å². The van der Waals surface area contributed by atoms with Gasteiger partial charge in [0.15, 0.2) is 0 Å². The lowest BCUT2D eigenvalue weighted by Crippen LogP contribution is -2.34. The van der Waals surface area contributed by atoms with Crippen LogP contribution in [0.25, 0.3) is 0 Å². The summed E-state index contributed by atoms with van der Waals surface area (Å²) in [4.78, 5) is 2.44. The molecule has 0 amide bonds. The molecular formula is C12H15ClN2. The number of aryl methyl sites for hydroxylation is 1. The Labute approximate surface area is 95.0 Å². The molecule has 1 aromatic rings. The maximum absolute atomic E-state index is 6.05. The van der Waals surface area contributed by atoms with Gasteiger partial charge in [0.05, 0.1) is 0 Å². The highest BCUT2D eigenvalue weighted by molar-refractivity contribution is 6.30. The van der Waals surface area contributed by atoms with Gasteiger partial charge >= 0.3 is 0 Å². The second-order valence-corrected chi connectivity index (χ2v) is 5.05. The van der Waals surface area contributed by atoms with Crippen LogP contribution in [0.4, 0.5) is 5.69 Å². The summed E-state index contributed by atoms with van der Waals surface area (Å²) in [7, 11) is 0. The van der Waals surface area contributed by atoms with E-state index in [1.807, 2.05) is 6.07 Å². The lowest BCUT2D eigenvalue weighted by molar-refractivity contribution is 0.575. The van der Waals surface area contributed by atoms with Gasteiger partial charge < -0.3 is 10.6 Å². The summed E-state index contributed by atoms with van der Waals surface area (Å²) in [5.41, 5.74) is 8.75. The molecule has 2 aliphatic rings. The predicted octanol–water partition coefficient (Wildman–Crippen LogP) is 2.19. The van der Waals surface area contributed by atoms with Gasteiger partial charge in [-0.25, -0.2) is 0 Å². The van der Waals surface area contributed by atoms with Gasteiger partial charge in [0.1, 0.15) is 0 Å². The molecule has 0 saturated carbocycles. The fraction of sp³-hybridized carbons (Fsp3) is 0.500. The summed E-state index contributed by atoms with van der Waals surface area (Å²) in [6, 6.07) is 7.20. The quantitative estimate of drug-likeness (QED) is 0.729. The normalized spacial score (nSPS) is 28.8. The number of nitrogens with zero attached hydrogens (tertiary/aromatic N) is 1. The van der Waals surface area contributed by atoms with E-state index in [2.05, 4.69) is 17.0 Å². The van der Waals surface area contributed by atoms with Crippen LogP contribution < -0.4 is 10.6 Å². The van der Waals surface area contributed by atoms with Crippen LogP contribution >= 0.6 is 11.6 Å². The number of fused-ring (bicyclic) bond motifs is 3. The van der Waals surface area contributed by atoms with E-state index >= 15 is 0 Å². The lowest BCUT2D eigenvalue weighted by atomic mass is 9.96. The molecule has 80 valence electrons. The van der Waals surface area contributed by atoms with Crippen molar-refractivity contribution in [2.75, 3.05) is 11.4 Å². The van der Waals surface area contributed by atoms with Gasteiger partial charge in [0.25, 0.3) is 0 Å². The Kier molecular flexibility index (Phi) is 2.15. The molecule has 2 nitrogen and oxygen atoms in total. The molecule has 0 radical (unpaired) electrons. The number of rotatable bonds is 0. The molecule has 0 spiro atoms. The molecular weight excluding hydrogens is 208 g/mol. The Morgan fingerprint density at radius 2 is 2.27 bits per heavy atom. The number of hydrogen-bond acceptors (Lipinski definition) is 2. The minimum atomic E-state index is 0.333. The van der Waals surface area contributed by atoms with Crippen LogP contribution in [-0.4, -0.2) is 18.6 Å². The lowest BCUT2D eigenvalue weighted by Gasteiger charge is -2.33. The molecule has 2 aliphatic heterocycles. The molecule has 1 fully saturated rings. The summed E-state index contributed by atoms with van der Waals surface area (Å²) in [6.45, 7) is 0.984. The van der Waals surface area contributed by atoms with E-state index in [0.717, 1.165) is 18.0 Å². The molecule has 0 aliphatic carbocycles. The fourth-order valence-corrected chi connectivity index (χ4v) is 3.03. The summed E-state index contributed by atoms with van der Waals surface area (Å²) in [5, 5.41) is 0.829. The van der Waals surface area contributed by atoms with Gasteiger partial charge in [0.2, 0.25) is 0 Å². The highest BCUT2D eigenvalue weighted by atomic mass is 35.5. The summed E-state index contributed by atoms with van der Waals surface area (Å²) >= 11 is 6.05. The van der Waals surface area contributed by atoms with Crippen molar-refractivity contribution in [2.24, 2.45) is 5.73 Å². The molecule has 3 heteroatoms. The van der Waals surface area contributed by atoms with E-state index in [0.29, 0.717) is 12.1 Å². The molecule has 1 saturated heterocycles. The average Bonchev–Trinajstić information content (AvgIpc) is 2.58. The molecule has 0 bridgehead atoms. The number of benzene rings is 1. The highest BCUT2D eigenvalue weighted by Gasteiger charge is 2.33. The van der Waals surface area contributed by atoms with Crippen molar-refractivity contribution in [3.8, 4) is 0 Å². The molecule has 2 heterocycles. The summed E-state index contributed by atoms with van der Waals surface area (Å²) in [6.07, 6.45) is 3.54. The standard InChI is InChI=1S/C12H15ClN2/c13-9-3-1-8-2-4-11-6-10(14)7-15(11)12(8)5-9/h1,3,5,10-11H,2,4,6-7,14H2. The Morgan fingerprint density at radius 1 is 1.40 bits per heavy atom. The minimum Gasteiger partial charge on any atom is -0.367 e. The first-order valence-corrected chi connectivity index (χ1v) is 5.92. The number of halogens is 1. The predicted molar refractivity (Wildman–Crippen MR) is 63.5 cm³/mol. The van der Waals surface area contributed by atoms with Crippen LogP contribution in [0.1, 0.15) is 18.4 Å². The third-order valence-corrected chi connectivity index (χ3v) is 3.79. The molecule has 2 unspecified atom stereocenters. The van der Waals surface area contributed by atoms with Crippen LogP contribution in [-0.2, 0) is 6.42 Å². The molecule has 2 N–H and O–H groups in total. The van der Waals surface area contributed by atoms with Crippen molar-refractivity contribution >= 4 is 17.3 Å². The van der Waals surface area contributed by atoms with E-state index in [1.54, 1.807) is 0 Å². The fourth-order valence-electron chi connectivity index (χ4n) is 2.86. The first-order valence-electron chi connectivity index (χ1n) is 5.54. The van der Waals surface area contributed by atoms with E-state index in [-0.39, 0.29) is 0 Å². The Morgan fingerprint density at radius 3 is 3.13 bits per heavy atom. The van der Waals surface area contributed by atoms with Gasteiger partial charge in [-0.2, -0.15) is 0 Å². The Hall–Kier alpha value is -0.730. The van der Waals surface area contributed by atoms with Crippen LogP contribution in [0.5, 0.6) is 0 Å². The summed E-state index contributed by atoms with van der Waals surface area (Å²) in [5.74, 6) is 0. The largest absolute Gasteiger partial charge is 0.367 e. The van der Waals surface area contributed by atoms with Gasteiger partial charge in [-0.1, -0.05) is 17.7 Å². The van der Waals surface area contributed by atoms with E-state index in [9.17, 15) is 0 Å². The maximum atomic E-state index is 6.05. The Bertz CT molecular complexity index is 391. The first-order chi connectivity index (χ1) is 7.24. The maximum Gasteiger partial charge on any atom is 0.0426 e. The van der Waals surface area contributed by atoms with Gasteiger partial charge in [-0.05, 0) is 37.0 Å². The number of anilines is 1. The van der Waals surface area contributed by atoms with Crippen molar-refractivity contribution < 1.29 is 0 Å². The molecule has 2 atom stereocenters. The monoisotopic (exact) mass is 222 g/mol. The first kappa shape index (κ1) is 9.49. The van der Waals surface area contributed by atoms with Crippen molar-refractivity contribution in [3.05, 3.63) is 28.8 Å². The second-order valence-electron chi connectivity index (χ2n) is 4.61. The molecule has 1 aromatic carbocycles. The van der Waals surface area contributed by atoms with Crippen LogP contribution in [0.15, 0.2) is 18.2 Å². The van der Waals surface area contributed by atoms with Crippen molar-refractivity contribution in [2.45, 2.75) is 31.3 Å². The summed E-state index contributed by atoms with van der Waals surface area (Å²) < 4.78 is 0. The average molecular weight is 223 g/mol.